The van der Waals surface area contributed by atoms with Crippen LogP contribution in [-0.2, 0) is 17.1 Å². The molecule has 1 unspecified atom stereocenters. The lowest BCUT2D eigenvalue weighted by Gasteiger charge is -2.37. The standard InChI is InChI=1S/C20H21F6N5O/c1-30-2-4-31(5-3-30)18(13-9-27-12-28-10-13)17(32)11-29-16-7-14(19(21,22)23)6-15(8-16)20(24,25)26/h6-10,12,18,29H,2-5,11H2,1H3. The Hall–Kier alpha value is -2.73. The number of likely N-dealkylation sites (N-methyl/N-ethyl adjacent to an activating group) is 1. The molecule has 174 valence electrons. The van der Waals surface area contributed by atoms with E-state index in [9.17, 15) is 31.1 Å². The topological polar surface area (TPSA) is 61.4 Å². The van der Waals surface area contributed by atoms with Gasteiger partial charge in [0.15, 0.2) is 5.78 Å². The molecule has 0 spiro atoms. The molecule has 2 aromatic rings. The zero-order valence-corrected chi connectivity index (χ0v) is 17.0. The van der Waals surface area contributed by atoms with Crippen molar-refractivity contribution in [3.05, 3.63) is 53.6 Å². The second kappa shape index (κ2) is 9.41. The molecule has 1 aromatic carbocycles. The lowest BCUT2D eigenvalue weighted by Crippen LogP contribution is -2.48. The highest BCUT2D eigenvalue weighted by atomic mass is 19.4. The summed E-state index contributed by atoms with van der Waals surface area (Å²) in [5, 5.41) is 2.44. The third-order valence-corrected chi connectivity index (χ3v) is 5.16. The molecule has 12 heteroatoms. The summed E-state index contributed by atoms with van der Waals surface area (Å²) >= 11 is 0. The summed E-state index contributed by atoms with van der Waals surface area (Å²) in [7, 11) is 1.94. The Morgan fingerprint density at radius 3 is 2.00 bits per heavy atom. The van der Waals surface area contributed by atoms with Crippen molar-refractivity contribution >= 4 is 11.5 Å². The molecule has 6 nitrogen and oxygen atoms in total. The molecule has 32 heavy (non-hydrogen) atoms. The number of Topliss-reactive ketones (excluding diaryl/α,β-unsaturated/α-hetero) is 1. The van der Waals surface area contributed by atoms with Gasteiger partial charge in [0.05, 0.1) is 23.7 Å². The molecular formula is C20H21F6N5O. The Balaban J connectivity index is 1.83. The van der Waals surface area contributed by atoms with E-state index in [2.05, 4.69) is 20.2 Å². The molecule has 1 aromatic heterocycles. The van der Waals surface area contributed by atoms with Crippen LogP contribution in [0.4, 0.5) is 32.0 Å². The highest BCUT2D eigenvalue weighted by Crippen LogP contribution is 2.37. The van der Waals surface area contributed by atoms with Gasteiger partial charge in [-0.1, -0.05) is 0 Å². The first-order valence-electron chi connectivity index (χ1n) is 9.68. The average Bonchev–Trinajstić information content (AvgIpc) is 2.73. The van der Waals surface area contributed by atoms with Gasteiger partial charge in [-0.3, -0.25) is 9.69 Å². The molecule has 0 amide bonds. The van der Waals surface area contributed by atoms with Gasteiger partial charge in [-0.25, -0.2) is 9.97 Å². The van der Waals surface area contributed by atoms with Crippen molar-refractivity contribution in [2.75, 3.05) is 45.1 Å². The third-order valence-electron chi connectivity index (χ3n) is 5.16. The Morgan fingerprint density at radius 2 is 1.50 bits per heavy atom. The quantitative estimate of drug-likeness (QED) is 0.665. The zero-order valence-electron chi connectivity index (χ0n) is 17.0. The van der Waals surface area contributed by atoms with Gasteiger partial charge in [0.1, 0.15) is 6.33 Å². The maximum Gasteiger partial charge on any atom is 0.416 e. The summed E-state index contributed by atoms with van der Waals surface area (Å²) in [4.78, 5) is 24.9. The number of halogens is 6. The molecule has 2 heterocycles. The van der Waals surface area contributed by atoms with E-state index in [0.29, 0.717) is 43.9 Å². The number of carbonyl (C=O) groups excluding carboxylic acids is 1. The number of nitrogens with one attached hydrogen (secondary N) is 1. The number of nitrogens with zero attached hydrogens (tertiary/aromatic N) is 4. The maximum atomic E-state index is 13.1. The van der Waals surface area contributed by atoms with Gasteiger partial charge < -0.3 is 10.2 Å². The van der Waals surface area contributed by atoms with Crippen molar-refractivity contribution in [1.82, 2.24) is 19.8 Å². The first kappa shape index (κ1) is 23.9. The van der Waals surface area contributed by atoms with Crippen LogP contribution in [0.5, 0.6) is 0 Å². The van der Waals surface area contributed by atoms with Gasteiger partial charge in [0.2, 0.25) is 0 Å². The van der Waals surface area contributed by atoms with E-state index in [1.165, 1.54) is 18.7 Å². The number of hydrogen-bond acceptors (Lipinski definition) is 6. The predicted octanol–water partition coefficient (Wildman–Crippen LogP) is 3.48. The number of piperazine rings is 1. The van der Waals surface area contributed by atoms with E-state index < -0.39 is 47.5 Å². The van der Waals surface area contributed by atoms with Crippen LogP contribution in [0, 0.1) is 0 Å². The van der Waals surface area contributed by atoms with Crippen LogP contribution < -0.4 is 5.32 Å². The summed E-state index contributed by atoms with van der Waals surface area (Å²) in [5.41, 5.74) is -2.84. The summed E-state index contributed by atoms with van der Waals surface area (Å²) in [6.07, 6.45) is -5.69. The molecule has 0 aliphatic carbocycles. The zero-order chi connectivity index (χ0) is 23.5. The predicted molar refractivity (Wildman–Crippen MR) is 104 cm³/mol. The van der Waals surface area contributed by atoms with E-state index in [0.717, 1.165) is 0 Å². The largest absolute Gasteiger partial charge is 0.416 e. The van der Waals surface area contributed by atoms with Crippen LogP contribution in [-0.4, -0.2) is 65.3 Å². The summed E-state index contributed by atoms with van der Waals surface area (Å²) < 4.78 is 78.4. The van der Waals surface area contributed by atoms with Crippen LogP contribution in [0.3, 0.4) is 0 Å². The van der Waals surface area contributed by atoms with Gasteiger partial charge >= 0.3 is 12.4 Å². The molecule has 1 N–H and O–H groups in total. The van der Waals surface area contributed by atoms with Crippen molar-refractivity contribution in [3.63, 3.8) is 0 Å². The minimum atomic E-state index is -4.97. The third kappa shape index (κ3) is 5.94. The number of carbonyl (C=O) groups is 1. The minimum absolute atomic E-state index is 0.0430. The van der Waals surface area contributed by atoms with Crippen LogP contribution >= 0.6 is 0 Å². The highest BCUT2D eigenvalue weighted by Gasteiger charge is 2.37. The van der Waals surface area contributed by atoms with E-state index in [1.807, 2.05) is 11.9 Å². The molecular weight excluding hydrogens is 440 g/mol. The summed E-state index contributed by atoms with van der Waals surface area (Å²) in [6, 6.07) is 0.379. The van der Waals surface area contributed by atoms with Crippen molar-refractivity contribution in [2.45, 2.75) is 18.4 Å². The fourth-order valence-electron chi connectivity index (χ4n) is 3.48. The first-order chi connectivity index (χ1) is 14.9. The van der Waals surface area contributed by atoms with Gasteiger partial charge in [0, 0.05) is 49.8 Å². The average molecular weight is 461 g/mol. The van der Waals surface area contributed by atoms with Crippen LogP contribution in [0.15, 0.2) is 36.9 Å². The second-order valence-corrected chi connectivity index (χ2v) is 7.53. The van der Waals surface area contributed by atoms with Gasteiger partial charge in [-0.2, -0.15) is 26.3 Å². The van der Waals surface area contributed by atoms with Crippen LogP contribution in [0.2, 0.25) is 0 Å². The summed E-state index contributed by atoms with van der Waals surface area (Å²) in [5.74, 6) is -0.421. The lowest BCUT2D eigenvalue weighted by molar-refractivity contribution is -0.143. The second-order valence-electron chi connectivity index (χ2n) is 7.53. The van der Waals surface area contributed by atoms with Gasteiger partial charge in [-0.15, -0.1) is 0 Å². The maximum absolute atomic E-state index is 13.1. The highest BCUT2D eigenvalue weighted by molar-refractivity contribution is 5.89. The molecule has 0 radical (unpaired) electrons. The Morgan fingerprint density at radius 1 is 0.969 bits per heavy atom. The number of anilines is 1. The van der Waals surface area contributed by atoms with Crippen LogP contribution in [0.25, 0.3) is 0 Å². The van der Waals surface area contributed by atoms with Gasteiger partial charge in [0.25, 0.3) is 0 Å². The van der Waals surface area contributed by atoms with Crippen molar-refractivity contribution in [3.8, 4) is 0 Å². The first-order valence-corrected chi connectivity index (χ1v) is 9.68. The summed E-state index contributed by atoms with van der Waals surface area (Å²) in [6.45, 7) is 2.05. The number of benzene rings is 1. The fraction of sp³-hybridized carbons (Fsp3) is 0.450. The van der Waals surface area contributed by atoms with E-state index in [1.54, 1.807) is 0 Å². The Kier molecular flexibility index (Phi) is 7.03. The number of alkyl halides is 6. The fourth-order valence-corrected chi connectivity index (χ4v) is 3.48. The monoisotopic (exact) mass is 461 g/mol. The molecule has 1 saturated heterocycles. The minimum Gasteiger partial charge on any atom is -0.378 e. The van der Waals surface area contributed by atoms with Crippen molar-refractivity contribution in [2.24, 2.45) is 0 Å². The molecule has 1 fully saturated rings. The van der Waals surface area contributed by atoms with Crippen molar-refractivity contribution < 1.29 is 31.1 Å². The SMILES string of the molecule is CN1CCN(C(C(=O)CNc2cc(C(F)(F)F)cc(C(F)(F)F)c2)c2cncnc2)CC1. The number of rotatable bonds is 6. The number of ketones is 1. The van der Waals surface area contributed by atoms with Crippen LogP contribution in [0.1, 0.15) is 22.7 Å². The number of aromatic nitrogens is 2. The Labute approximate surface area is 180 Å². The molecule has 1 atom stereocenters. The number of hydrogen-bond donors (Lipinski definition) is 1. The van der Waals surface area contributed by atoms with Gasteiger partial charge in [-0.05, 0) is 25.2 Å². The molecule has 1 aliphatic heterocycles. The lowest BCUT2D eigenvalue weighted by atomic mass is 10.0. The van der Waals surface area contributed by atoms with Crippen molar-refractivity contribution in [1.29, 1.82) is 0 Å². The molecule has 0 bridgehead atoms. The molecule has 3 rings (SSSR count). The normalized spacial score (nSPS) is 17.2. The smallest absolute Gasteiger partial charge is 0.378 e. The van der Waals surface area contributed by atoms with E-state index >= 15 is 0 Å². The Bertz CT molecular complexity index is 894. The van der Waals surface area contributed by atoms with E-state index in [4.69, 9.17) is 0 Å². The van der Waals surface area contributed by atoms with E-state index in [-0.39, 0.29) is 6.07 Å². The molecule has 1 aliphatic rings. The molecule has 0 saturated carbocycles.